The summed E-state index contributed by atoms with van der Waals surface area (Å²) >= 11 is 0. The van der Waals surface area contributed by atoms with Crippen LogP contribution in [0.2, 0.25) is 0 Å². The SMILES string of the molecule is CNC(=O)C(C)CN(C)CC(OC)OC. The summed E-state index contributed by atoms with van der Waals surface area (Å²) < 4.78 is 10.1. The molecule has 90 valence electrons. The number of methoxy groups -OCH3 is 2. The molecule has 0 bridgehead atoms. The molecule has 0 aliphatic heterocycles. The van der Waals surface area contributed by atoms with Crippen LogP contribution in [-0.2, 0) is 14.3 Å². The van der Waals surface area contributed by atoms with Crippen LogP contribution < -0.4 is 5.32 Å². The number of hydrogen-bond acceptors (Lipinski definition) is 4. The molecule has 0 aliphatic rings. The molecule has 5 nitrogen and oxygen atoms in total. The molecule has 1 amide bonds. The van der Waals surface area contributed by atoms with Crippen molar-refractivity contribution in [3.63, 3.8) is 0 Å². The molecule has 0 radical (unpaired) electrons. The minimum atomic E-state index is -0.244. The summed E-state index contributed by atoms with van der Waals surface area (Å²) in [5.41, 5.74) is 0. The van der Waals surface area contributed by atoms with Crippen molar-refractivity contribution >= 4 is 5.91 Å². The maximum Gasteiger partial charge on any atom is 0.223 e. The summed E-state index contributed by atoms with van der Waals surface area (Å²) in [6.45, 7) is 3.22. The Morgan fingerprint density at radius 3 is 2.27 bits per heavy atom. The number of likely N-dealkylation sites (N-methyl/N-ethyl adjacent to an activating group) is 1. The van der Waals surface area contributed by atoms with Crippen LogP contribution in [0.3, 0.4) is 0 Å². The number of nitrogens with zero attached hydrogens (tertiary/aromatic N) is 1. The lowest BCUT2D eigenvalue weighted by Crippen LogP contribution is -2.38. The molecule has 0 aromatic heterocycles. The molecule has 0 fully saturated rings. The van der Waals surface area contributed by atoms with Gasteiger partial charge in [-0.2, -0.15) is 0 Å². The van der Waals surface area contributed by atoms with E-state index in [-0.39, 0.29) is 18.1 Å². The van der Waals surface area contributed by atoms with Gasteiger partial charge in [0.05, 0.1) is 0 Å². The summed E-state index contributed by atoms with van der Waals surface area (Å²) in [4.78, 5) is 13.3. The second-order valence-corrected chi connectivity index (χ2v) is 3.64. The summed E-state index contributed by atoms with van der Waals surface area (Å²) in [6.07, 6.45) is -0.244. The van der Waals surface area contributed by atoms with E-state index in [4.69, 9.17) is 9.47 Å². The second kappa shape index (κ2) is 7.62. The van der Waals surface area contributed by atoms with Crippen LogP contribution in [-0.4, -0.2) is 58.5 Å². The molecule has 0 spiro atoms. The molecule has 0 aliphatic carbocycles. The largest absolute Gasteiger partial charge is 0.359 e. The number of amides is 1. The summed E-state index contributed by atoms with van der Waals surface area (Å²) in [5, 5.41) is 2.62. The molecule has 0 rings (SSSR count). The fourth-order valence-corrected chi connectivity index (χ4v) is 1.37. The Bertz CT molecular complexity index is 184. The number of carbonyl (C=O) groups excluding carboxylic acids is 1. The molecule has 1 N–H and O–H groups in total. The van der Waals surface area contributed by atoms with Gasteiger partial charge in [0.1, 0.15) is 0 Å². The van der Waals surface area contributed by atoms with E-state index >= 15 is 0 Å². The van der Waals surface area contributed by atoms with Gasteiger partial charge in [0.2, 0.25) is 5.91 Å². The van der Waals surface area contributed by atoms with Gasteiger partial charge in [0, 0.05) is 40.3 Å². The van der Waals surface area contributed by atoms with Crippen molar-refractivity contribution in [2.75, 3.05) is 41.4 Å². The van der Waals surface area contributed by atoms with Gasteiger partial charge in [0.15, 0.2) is 6.29 Å². The summed E-state index contributed by atoms with van der Waals surface area (Å²) in [7, 11) is 6.78. The Kier molecular flexibility index (Phi) is 7.29. The molecule has 0 saturated carbocycles. The number of hydrogen-bond donors (Lipinski definition) is 1. The fourth-order valence-electron chi connectivity index (χ4n) is 1.37. The van der Waals surface area contributed by atoms with Crippen molar-refractivity contribution in [1.82, 2.24) is 10.2 Å². The minimum absolute atomic E-state index is 0.0330. The van der Waals surface area contributed by atoms with E-state index in [9.17, 15) is 4.79 Å². The van der Waals surface area contributed by atoms with Gasteiger partial charge in [-0.3, -0.25) is 4.79 Å². The van der Waals surface area contributed by atoms with E-state index in [2.05, 4.69) is 5.32 Å². The Labute approximate surface area is 91.7 Å². The average molecular weight is 218 g/mol. The molecule has 0 aromatic carbocycles. The molecular weight excluding hydrogens is 196 g/mol. The lowest BCUT2D eigenvalue weighted by molar-refractivity contribution is -0.127. The molecule has 1 atom stereocenters. The fraction of sp³-hybridized carbons (Fsp3) is 0.900. The zero-order valence-corrected chi connectivity index (χ0v) is 10.2. The number of rotatable bonds is 7. The Hall–Kier alpha value is -0.650. The maximum atomic E-state index is 11.3. The first-order valence-corrected chi connectivity index (χ1v) is 5.00. The minimum Gasteiger partial charge on any atom is -0.359 e. The number of carbonyl (C=O) groups is 1. The van der Waals surface area contributed by atoms with Crippen molar-refractivity contribution in [1.29, 1.82) is 0 Å². The highest BCUT2D eigenvalue weighted by Gasteiger charge is 2.16. The predicted octanol–water partition coefficient (Wildman–Crippen LogP) is -0.0808. The third-order valence-corrected chi connectivity index (χ3v) is 2.27. The third kappa shape index (κ3) is 5.71. The van der Waals surface area contributed by atoms with E-state index < -0.39 is 0 Å². The highest BCUT2D eigenvalue weighted by molar-refractivity contribution is 5.78. The molecule has 15 heavy (non-hydrogen) atoms. The van der Waals surface area contributed by atoms with E-state index in [0.29, 0.717) is 13.1 Å². The van der Waals surface area contributed by atoms with Crippen LogP contribution in [0.15, 0.2) is 0 Å². The van der Waals surface area contributed by atoms with Gasteiger partial charge in [-0.15, -0.1) is 0 Å². The predicted molar refractivity (Wildman–Crippen MR) is 58.5 cm³/mol. The Balaban J connectivity index is 3.91. The van der Waals surface area contributed by atoms with Gasteiger partial charge >= 0.3 is 0 Å². The monoisotopic (exact) mass is 218 g/mol. The normalized spacial score (nSPS) is 13.3. The second-order valence-electron chi connectivity index (χ2n) is 3.64. The first-order chi connectivity index (χ1) is 7.04. The van der Waals surface area contributed by atoms with Crippen LogP contribution in [0, 0.1) is 5.92 Å². The molecule has 0 heterocycles. The third-order valence-electron chi connectivity index (χ3n) is 2.27. The van der Waals surface area contributed by atoms with Crippen molar-refractivity contribution in [2.24, 2.45) is 5.92 Å². The van der Waals surface area contributed by atoms with Gasteiger partial charge in [0.25, 0.3) is 0 Å². The quantitative estimate of drug-likeness (QED) is 0.607. The standard InChI is InChI=1S/C10H22N2O3/c1-8(10(13)11-2)6-12(3)7-9(14-4)15-5/h8-9H,6-7H2,1-5H3,(H,11,13). The van der Waals surface area contributed by atoms with Crippen LogP contribution in [0.25, 0.3) is 0 Å². The van der Waals surface area contributed by atoms with Gasteiger partial charge < -0.3 is 19.7 Å². The lowest BCUT2D eigenvalue weighted by Gasteiger charge is -2.24. The molecular formula is C10H22N2O3. The maximum absolute atomic E-state index is 11.3. The van der Waals surface area contributed by atoms with E-state index in [1.165, 1.54) is 0 Å². The number of ether oxygens (including phenoxy) is 2. The van der Waals surface area contributed by atoms with Crippen molar-refractivity contribution in [3.05, 3.63) is 0 Å². The first-order valence-electron chi connectivity index (χ1n) is 5.00. The van der Waals surface area contributed by atoms with E-state index in [0.717, 1.165) is 0 Å². The Morgan fingerprint density at radius 1 is 1.33 bits per heavy atom. The van der Waals surface area contributed by atoms with Crippen molar-refractivity contribution < 1.29 is 14.3 Å². The van der Waals surface area contributed by atoms with Gasteiger partial charge in [-0.1, -0.05) is 6.92 Å². The molecule has 5 heteroatoms. The first kappa shape index (κ1) is 14.3. The van der Waals surface area contributed by atoms with E-state index in [1.807, 2.05) is 18.9 Å². The molecule has 1 unspecified atom stereocenters. The highest BCUT2D eigenvalue weighted by Crippen LogP contribution is 2.01. The van der Waals surface area contributed by atoms with Crippen LogP contribution >= 0.6 is 0 Å². The zero-order valence-electron chi connectivity index (χ0n) is 10.2. The summed E-state index contributed by atoms with van der Waals surface area (Å²) in [6, 6.07) is 0. The van der Waals surface area contributed by atoms with Crippen LogP contribution in [0.1, 0.15) is 6.92 Å². The van der Waals surface area contributed by atoms with Gasteiger partial charge in [-0.05, 0) is 7.05 Å². The summed E-state index contributed by atoms with van der Waals surface area (Å²) in [5.74, 6) is 0.0163. The lowest BCUT2D eigenvalue weighted by atomic mass is 10.1. The van der Waals surface area contributed by atoms with E-state index in [1.54, 1.807) is 21.3 Å². The van der Waals surface area contributed by atoms with Crippen LogP contribution in [0.4, 0.5) is 0 Å². The zero-order chi connectivity index (χ0) is 11.8. The van der Waals surface area contributed by atoms with Crippen molar-refractivity contribution in [2.45, 2.75) is 13.2 Å². The van der Waals surface area contributed by atoms with Crippen molar-refractivity contribution in [3.8, 4) is 0 Å². The average Bonchev–Trinajstić information content (AvgIpc) is 2.24. The van der Waals surface area contributed by atoms with Crippen LogP contribution in [0.5, 0.6) is 0 Å². The number of nitrogens with one attached hydrogen (secondary N) is 1. The smallest absolute Gasteiger partial charge is 0.223 e. The molecule has 0 aromatic rings. The molecule has 0 saturated heterocycles. The Morgan fingerprint density at radius 2 is 1.87 bits per heavy atom. The van der Waals surface area contributed by atoms with Gasteiger partial charge in [-0.25, -0.2) is 0 Å². The topological polar surface area (TPSA) is 50.8 Å². The highest BCUT2D eigenvalue weighted by atomic mass is 16.7.